The van der Waals surface area contributed by atoms with Crippen LogP contribution in [-0.2, 0) is 21.9 Å². The molecule has 2 aromatic carbocycles. The van der Waals surface area contributed by atoms with Gasteiger partial charge in [-0.1, -0.05) is 28.1 Å². The Morgan fingerprint density at radius 1 is 1.26 bits per heavy atom. The summed E-state index contributed by atoms with van der Waals surface area (Å²) in [5.74, 6) is 0.0882. The highest BCUT2D eigenvalue weighted by molar-refractivity contribution is 9.10. The van der Waals surface area contributed by atoms with Crippen molar-refractivity contribution in [1.29, 1.82) is 0 Å². The maximum atomic E-state index is 13.7. The molecule has 1 N–H and O–H groups in total. The lowest BCUT2D eigenvalue weighted by Crippen LogP contribution is -2.07. The van der Waals surface area contributed by atoms with Gasteiger partial charge in [-0.25, -0.2) is 4.39 Å². The van der Waals surface area contributed by atoms with E-state index in [4.69, 9.17) is 9.15 Å². The fourth-order valence-corrected chi connectivity index (χ4v) is 3.27. The van der Waals surface area contributed by atoms with Crippen molar-refractivity contribution in [3.05, 3.63) is 64.2 Å². The summed E-state index contributed by atoms with van der Waals surface area (Å²) >= 11 is 4.45. The van der Waals surface area contributed by atoms with Crippen LogP contribution in [-0.4, -0.2) is 27.0 Å². The second-order valence-corrected chi connectivity index (χ2v) is 7.34. The molecule has 0 saturated heterocycles. The van der Waals surface area contributed by atoms with Crippen LogP contribution in [0, 0.1) is 5.82 Å². The van der Waals surface area contributed by atoms with Gasteiger partial charge in [-0.2, -0.15) is 0 Å². The predicted octanol–water partition coefficient (Wildman–Crippen LogP) is 4.32. The van der Waals surface area contributed by atoms with Crippen LogP contribution in [0.15, 0.2) is 51.4 Å². The van der Waals surface area contributed by atoms with Gasteiger partial charge < -0.3 is 14.3 Å². The minimum Gasteiger partial charge on any atom is -0.508 e. The van der Waals surface area contributed by atoms with Gasteiger partial charge in [0.2, 0.25) is 5.89 Å². The first-order valence-corrected chi connectivity index (χ1v) is 9.75. The maximum Gasteiger partial charge on any atom is 0.316 e. The normalized spacial score (nSPS) is 10.7. The smallest absolute Gasteiger partial charge is 0.316 e. The molecule has 1 aromatic heterocycles. The minimum absolute atomic E-state index is 0.0725. The summed E-state index contributed by atoms with van der Waals surface area (Å²) in [5.41, 5.74) is 1.08. The Hall–Kier alpha value is -2.39. The predicted molar refractivity (Wildman–Crippen MR) is 101 cm³/mol. The molecule has 0 aliphatic carbocycles. The van der Waals surface area contributed by atoms with Crippen LogP contribution in [0.25, 0.3) is 11.5 Å². The van der Waals surface area contributed by atoms with Crippen molar-refractivity contribution in [3.63, 3.8) is 0 Å². The van der Waals surface area contributed by atoms with Crippen LogP contribution in [0.3, 0.4) is 0 Å². The van der Waals surface area contributed by atoms with Gasteiger partial charge >= 0.3 is 5.97 Å². The number of phenols is 1. The number of aromatic nitrogens is 2. The number of carbonyl (C=O) groups excluding carboxylic acids is 1. The van der Waals surface area contributed by atoms with E-state index < -0.39 is 5.97 Å². The Kier molecular flexibility index (Phi) is 6.46. The largest absolute Gasteiger partial charge is 0.508 e. The molecule has 1 heterocycles. The van der Waals surface area contributed by atoms with Crippen molar-refractivity contribution in [3.8, 4) is 17.2 Å². The molecule has 0 unspecified atom stereocenters. The zero-order chi connectivity index (χ0) is 19.2. The third kappa shape index (κ3) is 5.54. The molecular weight excluding hydrogens is 439 g/mol. The lowest BCUT2D eigenvalue weighted by atomic mass is 10.2. The summed E-state index contributed by atoms with van der Waals surface area (Å²) in [5, 5.41) is 17.1. The number of thioether (sulfide) groups is 1. The molecule has 140 valence electrons. The molecule has 3 aromatic rings. The third-order valence-corrected chi connectivity index (χ3v) is 4.86. The molecule has 0 saturated carbocycles. The Balaban J connectivity index is 1.45. The summed E-state index contributed by atoms with van der Waals surface area (Å²) in [6.45, 7) is -0.155. The van der Waals surface area contributed by atoms with Gasteiger partial charge in [0.05, 0.1) is 5.75 Å². The van der Waals surface area contributed by atoms with Crippen molar-refractivity contribution in [1.82, 2.24) is 10.2 Å². The number of esters is 1. The number of hydrogen-bond acceptors (Lipinski definition) is 7. The average Bonchev–Trinajstić information content (AvgIpc) is 3.11. The fourth-order valence-electron chi connectivity index (χ4n) is 2.13. The third-order valence-electron chi connectivity index (χ3n) is 3.41. The molecule has 9 heteroatoms. The zero-order valence-corrected chi connectivity index (χ0v) is 16.3. The quantitative estimate of drug-likeness (QED) is 0.534. The van der Waals surface area contributed by atoms with Crippen molar-refractivity contribution in [2.45, 2.75) is 12.4 Å². The molecule has 6 nitrogen and oxygen atoms in total. The van der Waals surface area contributed by atoms with Crippen molar-refractivity contribution in [2.24, 2.45) is 0 Å². The van der Waals surface area contributed by atoms with Gasteiger partial charge in [-0.15, -0.1) is 22.0 Å². The van der Waals surface area contributed by atoms with E-state index in [0.717, 1.165) is 0 Å². The number of halogens is 2. The highest BCUT2D eigenvalue weighted by atomic mass is 79.9. The Morgan fingerprint density at radius 3 is 2.89 bits per heavy atom. The van der Waals surface area contributed by atoms with Crippen molar-refractivity contribution < 1.29 is 23.4 Å². The second-order valence-electron chi connectivity index (χ2n) is 5.44. The van der Waals surface area contributed by atoms with E-state index >= 15 is 0 Å². The molecule has 0 atom stereocenters. The molecule has 0 bridgehead atoms. The molecular formula is C18H14BrFN2O4S. The SMILES string of the molecule is O=C(CSCc1ccc(Br)cc1F)OCc1nnc(-c2cccc(O)c2)o1. The van der Waals surface area contributed by atoms with Crippen molar-refractivity contribution in [2.75, 3.05) is 5.75 Å². The van der Waals surface area contributed by atoms with Gasteiger partial charge in [0.15, 0.2) is 6.61 Å². The van der Waals surface area contributed by atoms with E-state index in [0.29, 0.717) is 21.4 Å². The number of rotatable bonds is 7. The van der Waals surface area contributed by atoms with Crippen molar-refractivity contribution >= 4 is 33.7 Å². The van der Waals surface area contributed by atoms with Crippen LogP contribution in [0.1, 0.15) is 11.5 Å². The average molecular weight is 453 g/mol. The lowest BCUT2D eigenvalue weighted by Gasteiger charge is -2.04. The summed E-state index contributed by atoms with van der Waals surface area (Å²) in [7, 11) is 0. The number of hydrogen-bond donors (Lipinski definition) is 1. The van der Waals surface area contributed by atoms with E-state index in [1.165, 1.54) is 30.0 Å². The zero-order valence-electron chi connectivity index (χ0n) is 13.9. The van der Waals surface area contributed by atoms with Crippen LogP contribution < -0.4 is 0 Å². The Labute approximate surface area is 166 Å². The van der Waals surface area contributed by atoms with E-state index in [1.54, 1.807) is 24.3 Å². The number of benzene rings is 2. The summed E-state index contributed by atoms with van der Waals surface area (Å²) in [4.78, 5) is 11.8. The van der Waals surface area contributed by atoms with Gasteiger partial charge in [0.1, 0.15) is 11.6 Å². The highest BCUT2D eigenvalue weighted by Crippen LogP contribution is 2.22. The van der Waals surface area contributed by atoms with Crippen LogP contribution in [0.2, 0.25) is 0 Å². The van der Waals surface area contributed by atoms with Crippen LogP contribution in [0.5, 0.6) is 5.75 Å². The van der Waals surface area contributed by atoms with Crippen LogP contribution in [0.4, 0.5) is 4.39 Å². The summed E-state index contributed by atoms with van der Waals surface area (Å²) in [6, 6.07) is 11.2. The minimum atomic E-state index is -0.463. The van der Waals surface area contributed by atoms with E-state index in [-0.39, 0.29) is 35.7 Å². The number of ether oxygens (including phenoxy) is 1. The highest BCUT2D eigenvalue weighted by Gasteiger charge is 2.12. The lowest BCUT2D eigenvalue weighted by molar-refractivity contribution is -0.142. The molecule has 0 fully saturated rings. The molecule has 0 amide bonds. The topological polar surface area (TPSA) is 85.5 Å². The number of carbonyl (C=O) groups is 1. The monoisotopic (exact) mass is 452 g/mol. The molecule has 27 heavy (non-hydrogen) atoms. The first-order valence-electron chi connectivity index (χ1n) is 7.80. The fraction of sp³-hybridized carbons (Fsp3) is 0.167. The first kappa shape index (κ1) is 19.4. The van der Waals surface area contributed by atoms with Gasteiger partial charge in [-0.05, 0) is 35.9 Å². The molecule has 0 aliphatic rings. The van der Waals surface area contributed by atoms with E-state index in [1.807, 2.05) is 0 Å². The summed E-state index contributed by atoms with van der Waals surface area (Å²) < 4.78 is 24.9. The number of aromatic hydroxyl groups is 1. The van der Waals surface area contributed by atoms with E-state index in [9.17, 15) is 14.3 Å². The maximum absolute atomic E-state index is 13.7. The number of nitrogens with zero attached hydrogens (tertiary/aromatic N) is 2. The summed E-state index contributed by atoms with van der Waals surface area (Å²) in [6.07, 6.45) is 0. The second kappa shape index (κ2) is 9.01. The molecule has 0 radical (unpaired) electrons. The van der Waals surface area contributed by atoms with Gasteiger partial charge in [0, 0.05) is 15.8 Å². The van der Waals surface area contributed by atoms with Gasteiger partial charge in [0.25, 0.3) is 5.89 Å². The molecule has 0 spiro atoms. The van der Waals surface area contributed by atoms with Gasteiger partial charge in [-0.3, -0.25) is 4.79 Å². The molecule has 0 aliphatic heterocycles. The Bertz CT molecular complexity index is 951. The van der Waals surface area contributed by atoms with Crippen LogP contribution >= 0.6 is 27.7 Å². The Morgan fingerprint density at radius 2 is 2.11 bits per heavy atom. The first-order chi connectivity index (χ1) is 13.0. The standard InChI is InChI=1S/C18H14BrFN2O4S/c19-13-5-4-12(15(20)7-13)9-27-10-17(24)25-8-16-21-22-18(26-16)11-2-1-3-14(23)6-11/h1-7,23H,8-10H2. The number of phenolic OH excluding ortho intramolecular Hbond substituents is 1. The molecule has 3 rings (SSSR count). The van der Waals surface area contributed by atoms with E-state index in [2.05, 4.69) is 26.1 Å².